The van der Waals surface area contributed by atoms with Crippen molar-refractivity contribution in [2.75, 3.05) is 11.9 Å². The summed E-state index contributed by atoms with van der Waals surface area (Å²) in [4.78, 5) is 11.5. The van der Waals surface area contributed by atoms with Gasteiger partial charge in [0.05, 0.1) is 10.6 Å². The van der Waals surface area contributed by atoms with Crippen molar-refractivity contribution in [1.29, 1.82) is 0 Å². The molecule has 2 rings (SSSR count). The summed E-state index contributed by atoms with van der Waals surface area (Å²) in [6.07, 6.45) is -5.18. The lowest BCUT2D eigenvalue weighted by molar-refractivity contribution is -0.274. The largest absolute Gasteiger partial charge is 0.573 e. The van der Waals surface area contributed by atoms with Crippen molar-refractivity contribution in [2.45, 2.75) is 17.7 Å². The van der Waals surface area contributed by atoms with Crippen LogP contribution in [0.2, 0.25) is 0 Å². The third-order valence-corrected chi connectivity index (χ3v) is 5.13. The Morgan fingerprint density at radius 1 is 1.03 bits per heavy atom. The van der Waals surface area contributed by atoms with E-state index < -0.39 is 33.9 Å². The molecule has 14 heteroatoms. The zero-order valence-electron chi connectivity index (χ0n) is 15.5. The second-order valence-corrected chi connectivity index (χ2v) is 7.95. The van der Waals surface area contributed by atoms with E-state index in [9.17, 15) is 30.8 Å². The van der Waals surface area contributed by atoms with Crippen LogP contribution < -0.4 is 25.6 Å². The van der Waals surface area contributed by atoms with Gasteiger partial charge in [0.25, 0.3) is 0 Å². The van der Waals surface area contributed by atoms with E-state index in [-0.39, 0.29) is 28.7 Å². The Hall–Kier alpha value is -2.97. The number of anilines is 1. The van der Waals surface area contributed by atoms with E-state index in [0.717, 1.165) is 24.3 Å². The molecular formula is C17H16F4N4O4S2. The van der Waals surface area contributed by atoms with Gasteiger partial charge < -0.3 is 10.1 Å². The molecule has 1 amide bonds. The number of carbonyl (C=O) groups is 1. The van der Waals surface area contributed by atoms with Crippen LogP contribution >= 0.6 is 12.2 Å². The van der Waals surface area contributed by atoms with Gasteiger partial charge in [0, 0.05) is 13.0 Å². The van der Waals surface area contributed by atoms with Crippen molar-refractivity contribution in [3.05, 3.63) is 54.3 Å². The molecule has 0 fully saturated rings. The van der Waals surface area contributed by atoms with Gasteiger partial charge in [0.1, 0.15) is 11.6 Å². The molecular weight excluding hydrogens is 464 g/mol. The molecule has 0 saturated heterocycles. The van der Waals surface area contributed by atoms with Gasteiger partial charge in [0.15, 0.2) is 5.11 Å². The molecule has 0 unspecified atom stereocenters. The van der Waals surface area contributed by atoms with Gasteiger partial charge in [-0.25, -0.2) is 17.5 Å². The summed E-state index contributed by atoms with van der Waals surface area (Å²) in [7, 11) is -4.06. The van der Waals surface area contributed by atoms with Crippen LogP contribution in [0.1, 0.15) is 6.42 Å². The van der Waals surface area contributed by atoms with Crippen LogP contribution in [-0.2, 0) is 14.8 Å². The molecule has 168 valence electrons. The number of nitrogens with one attached hydrogen (secondary N) is 4. The highest BCUT2D eigenvalue weighted by Crippen LogP contribution is 2.23. The summed E-state index contributed by atoms with van der Waals surface area (Å²) in [6.45, 7) is -0.301. The number of rotatable bonds is 7. The normalized spacial score (nSPS) is 11.5. The Labute approximate surface area is 180 Å². The van der Waals surface area contributed by atoms with Crippen LogP contribution in [0.4, 0.5) is 23.2 Å². The molecule has 0 aliphatic rings. The highest BCUT2D eigenvalue weighted by molar-refractivity contribution is 7.89. The standard InChI is InChI=1S/C17H16F4N4O4S2/c18-13-3-1-2-4-14(13)23-16(30)25-24-15(26)9-10-22-31(27,28)12-7-5-11(6-8-12)29-17(19,20)21/h1-8,22H,9-10H2,(H,24,26)(H2,23,25,30). The average molecular weight is 480 g/mol. The molecule has 0 atom stereocenters. The predicted octanol–water partition coefficient (Wildman–Crippen LogP) is 2.41. The maximum absolute atomic E-state index is 13.5. The SMILES string of the molecule is O=C(CCNS(=O)(=O)c1ccc(OC(F)(F)F)cc1)NNC(=S)Nc1ccccc1F. The number of alkyl halides is 3. The van der Waals surface area contributed by atoms with Gasteiger partial charge in [-0.3, -0.25) is 15.6 Å². The van der Waals surface area contributed by atoms with E-state index >= 15 is 0 Å². The van der Waals surface area contributed by atoms with Crippen molar-refractivity contribution in [3.8, 4) is 5.75 Å². The third kappa shape index (κ3) is 8.35. The minimum absolute atomic E-state index is 0.0914. The van der Waals surface area contributed by atoms with Crippen LogP contribution in [0, 0.1) is 5.82 Å². The minimum Gasteiger partial charge on any atom is -0.406 e. The zero-order chi connectivity index (χ0) is 23.1. The summed E-state index contributed by atoms with van der Waals surface area (Å²) >= 11 is 4.90. The van der Waals surface area contributed by atoms with E-state index in [0.29, 0.717) is 0 Å². The molecule has 0 radical (unpaired) electrons. The number of hydrogen-bond acceptors (Lipinski definition) is 5. The lowest BCUT2D eigenvalue weighted by Gasteiger charge is -2.12. The molecule has 0 aromatic heterocycles. The summed E-state index contributed by atoms with van der Waals surface area (Å²) in [5.74, 6) is -1.75. The van der Waals surface area contributed by atoms with E-state index in [4.69, 9.17) is 12.2 Å². The maximum Gasteiger partial charge on any atom is 0.573 e. The van der Waals surface area contributed by atoms with E-state index in [1.165, 1.54) is 18.2 Å². The molecule has 0 aliphatic carbocycles. The summed E-state index contributed by atoms with van der Waals surface area (Å²) in [5.41, 5.74) is 4.63. The quantitative estimate of drug-likeness (QED) is 0.274. The molecule has 0 aliphatic heterocycles. The Morgan fingerprint density at radius 3 is 2.29 bits per heavy atom. The van der Waals surface area contributed by atoms with Gasteiger partial charge in [0.2, 0.25) is 15.9 Å². The highest BCUT2D eigenvalue weighted by Gasteiger charge is 2.31. The Kier molecular flexibility index (Phi) is 8.13. The fourth-order valence-electron chi connectivity index (χ4n) is 2.11. The monoisotopic (exact) mass is 480 g/mol. The molecule has 2 aromatic carbocycles. The average Bonchev–Trinajstić information content (AvgIpc) is 2.67. The highest BCUT2D eigenvalue weighted by atomic mass is 32.2. The van der Waals surface area contributed by atoms with Gasteiger partial charge >= 0.3 is 6.36 Å². The van der Waals surface area contributed by atoms with Crippen molar-refractivity contribution in [3.63, 3.8) is 0 Å². The van der Waals surface area contributed by atoms with Crippen LogP contribution in [0.3, 0.4) is 0 Å². The topological polar surface area (TPSA) is 109 Å². The first-order valence-electron chi connectivity index (χ1n) is 8.42. The first kappa shape index (κ1) is 24.3. The van der Waals surface area contributed by atoms with Gasteiger partial charge in [-0.05, 0) is 48.6 Å². The molecule has 0 bridgehead atoms. The summed E-state index contributed by atoms with van der Waals surface area (Å²) in [5, 5.41) is 2.43. The number of carbonyl (C=O) groups excluding carboxylic acids is 1. The summed E-state index contributed by atoms with van der Waals surface area (Å²) < 4.78 is 79.9. The van der Waals surface area contributed by atoms with Crippen molar-refractivity contribution >= 4 is 38.9 Å². The Morgan fingerprint density at radius 2 is 1.68 bits per heavy atom. The number of halogens is 4. The number of benzene rings is 2. The number of hydrazine groups is 1. The third-order valence-electron chi connectivity index (χ3n) is 3.45. The van der Waals surface area contributed by atoms with Gasteiger partial charge in [-0.15, -0.1) is 13.2 Å². The Balaban J connectivity index is 1.76. The van der Waals surface area contributed by atoms with Crippen LogP contribution in [0.25, 0.3) is 0 Å². The van der Waals surface area contributed by atoms with Crippen molar-refractivity contribution in [1.82, 2.24) is 15.6 Å². The molecule has 4 N–H and O–H groups in total. The van der Waals surface area contributed by atoms with Crippen LogP contribution in [-0.4, -0.2) is 32.3 Å². The number of amides is 1. The van der Waals surface area contributed by atoms with E-state index in [2.05, 4.69) is 25.6 Å². The number of sulfonamides is 1. The molecule has 31 heavy (non-hydrogen) atoms. The number of thiocarbonyl (C=S) groups is 1. The first-order chi connectivity index (χ1) is 14.5. The number of para-hydroxylation sites is 1. The van der Waals surface area contributed by atoms with Gasteiger partial charge in [-0.1, -0.05) is 12.1 Å². The lowest BCUT2D eigenvalue weighted by atomic mass is 10.3. The molecule has 8 nitrogen and oxygen atoms in total. The molecule has 2 aromatic rings. The molecule has 0 spiro atoms. The lowest BCUT2D eigenvalue weighted by Crippen LogP contribution is -2.44. The first-order valence-corrected chi connectivity index (χ1v) is 10.3. The van der Waals surface area contributed by atoms with Crippen molar-refractivity contribution < 1.29 is 35.5 Å². The van der Waals surface area contributed by atoms with E-state index in [1.807, 2.05) is 0 Å². The Bertz CT molecular complexity index is 1030. The van der Waals surface area contributed by atoms with Crippen molar-refractivity contribution in [2.24, 2.45) is 0 Å². The van der Waals surface area contributed by atoms with Crippen LogP contribution in [0.5, 0.6) is 5.75 Å². The fourth-order valence-corrected chi connectivity index (χ4v) is 3.30. The number of ether oxygens (including phenoxy) is 1. The molecule has 0 heterocycles. The number of hydrogen-bond donors (Lipinski definition) is 4. The summed E-state index contributed by atoms with van der Waals surface area (Å²) in [6, 6.07) is 9.27. The molecule has 0 saturated carbocycles. The second kappa shape index (κ2) is 10.4. The van der Waals surface area contributed by atoms with E-state index in [1.54, 1.807) is 6.07 Å². The maximum atomic E-state index is 13.5. The van der Waals surface area contributed by atoms with Crippen LogP contribution in [0.15, 0.2) is 53.4 Å². The smallest absolute Gasteiger partial charge is 0.406 e. The zero-order valence-corrected chi connectivity index (χ0v) is 17.1. The van der Waals surface area contributed by atoms with Gasteiger partial charge in [-0.2, -0.15) is 0 Å². The minimum atomic E-state index is -4.90. The predicted molar refractivity (Wildman–Crippen MR) is 107 cm³/mol. The fraction of sp³-hybridized carbons (Fsp3) is 0.176. The second-order valence-electron chi connectivity index (χ2n) is 5.77.